The van der Waals surface area contributed by atoms with E-state index in [4.69, 9.17) is 5.10 Å². The predicted octanol–water partition coefficient (Wildman–Crippen LogP) is 2.73. The van der Waals surface area contributed by atoms with Gasteiger partial charge >= 0.3 is 0 Å². The molecule has 2 aromatic heterocycles. The highest BCUT2D eigenvalue weighted by Crippen LogP contribution is 2.25. The van der Waals surface area contributed by atoms with E-state index in [0.29, 0.717) is 31.1 Å². The molecule has 7 nitrogen and oxygen atoms in total. The largest absolute Gasteiger partial charge is 0.348 e. The molecule has 160 valence electrons. The molecule has 0 unspecified atom stereocenters. The Kier molecular flexibility index (Phi) is 6.16. The molecule has 4 rings (SSSR count). The van der Waals surface area contributed by atoms with Crippen LogP contribution in [0.3, 0.4) is 0 Å². The molecule has 3 heterocycles. The van der Waals surface area contributed by atoms with Gasteiger partial charge in [0, 0.05) is 55.7 Å². The first kappa shape index (κ1) is 20.6. The molecule has 1 aliphatic heterocycles. The number of pyridine rings is 1. The Bertz CT molecular complexity index is 900. The van der Waals surface area contributed by atoms with E-state index in [2.05, 4.69) is 24.1 Å². The lowest BCUT2D eigenvalue weighted by Crippen LogP contribution is -2.38. The fraction of sp³-hybridized carbons (Fsp3) is 0.565. The van der Waals surface area contributed by atoms with Gasteiger partial charge in [0.05, 0.1) is 6.42 Å². The van der Waals surface area contributed by atoms with Crippen molar-refractivity contribution in [3.63, 3.8) is 0 Å². The number of aromatic nitrogens is 3. The molecule has 2 aliphatic rings. The van der Waals surface area contributed by atoms with Crippen molar-refractivity contribution in [2.75, 3.05) is 6.54 Å². The van der Waals surface area contributed by atoms with Gasteiger partial charge in [-0.1, -0.05) is 32.8 Å². The van der Waals surface area contributed by atoms with Gasteiger partial charge in [-0.2, -0.15) is 5.10 Å². The maximum absolute atomic E-state index is 13.0. The van der Waals surface area contributed by atoms with Crippen LogP contribution in [-0.2, 0) is 30.7 Å². The lowest BCUT2D eigenvalue weighted by molar-refractivity contribution is -0.131. The van der Waals surface area contributed by atoms with Crippen LogP contribution < -0.4 is 5.32 Å². The molecule has 0 saturated heterocycles. The van der Waals surface area contributed by atoms with Crippen molar-refractivity contribution in [3.8, 4) is 0 Å². The van der Waals surface area contributed by atoms with Crippen molar-refractivity contribution in [3.05, 3.63) is 47.0 Å². The minimum absolute atomic E-state index is 0.0624. The highest BCUT2D eigenvalue weighted by atomic mass is 16.2. The molecular formula is C23H31N5O2. The number of carbonyl (C=O) groups is 2. The highest BCUT2D eigenvalue weighted by Gasteiger charge is 2.31. The summed E-state index contributed by atoms with van der Waals surface area (Å²) in [5.74, 6) is 0.402. The van der Waals surface area contributed by atoms with Crippen LogP contribution in [0.15, 0.2) is 24.5 Å². The van der Waals surface area contributed by atoms with Crippen LogP contribution >= 0.6 is 0 Å². The zero-order chi connectivity index (χ0) is 21.1. The van der Waals surface area contributed by atoms with Crippen molar-refractivity contribution in [2.45, 2.75) is 71.5 Å². The fourth-order valence-corrected chi connectivity index (χ4v) is 4.50. The van der Waals surface area contributed by atoms with E-state index in [1.807, 2.05) is 21.7 Å². The standard InChI is InChI=1S/C23H31N5O2/c1-16(2)14-28-20-9-11-27(21(29)12-17-6-5-10-24-13-17)15-19(20)22(26-28)23(30)25-18-7-3-4-8-18/h5-6,10,13,16,18H,3-4,7-9,11-12,14-15H2,1-2H3,(H,25,30). The molecule has 0 radical (unpaired) electrons. The zero-order valence-corrected chi connectivity index (χ0v) is 17.9. The van der Waals surface area contributed by atoms with Crippen molar-refractivity contribution in [2.24, 2.45) is 5.92 Å². The summed E-state index contributed by atoms with van der Waals surface area (Å²) in [6.07, 6.45) is 8.90. The van der Waals surface area contributed by atoms with E-state index in [-0.39, 0.29) is 17.9 Å². The molecule has 1 aliphatic carbocycles. The number of rotatable bonds is 6. The summed E-state index contributed by atoms with van der Waals surface area (Å²) >= 11 is 0. The molecule has 0 aromatic carbocycles. The number of hydrogen-bond acceptors (Lipinski definition) is 4. The Morgan fingerprint density at radius 3 is 2.77 bits per heavy atom. The van der Waals surface area contributed by atoms with Gasteiger partial charge in [-0.3, -0.25) is 19.3 Å². The third kappa shape index (κ3) is 4.55. The van der Waals surface area contributed by atoms with Crippen LogP contribution in [0.2, 0.25) is 0 Å². The first-order chi connectivity index (χ1) is 14.5. The second kappa shape index (κ2) is 8.98. The van der Waals surface area contributed by atoms with Gasteiger partial charge in [-0.25, -0.2) is 0 Å². The predicted molar refractivity (Wildman–Crippen MR) is 114 cm³/mol. The van der Waals surface area contributed by atoms with E-state index < -0.39 is 0 Å². The summed E-state index contributed by atoms with van der Waals surface area (Å²) in [5.41, 5.74) is 3.42. The monoisotopic (exact) mass is 409 g/mol. The Balaban J connectivity index is 1.55. The van der Waals surface area contributed by atoms with Gasteiger partial charge in [0.25, 0.3) is 5.91 Å². The molecule has 0 atom stereocenters. The second-order valence-electron chi connectivity index (χ2n) is 8.91. The Labute approximate surface area is 177 Å². The molecule has 2 aromatic rings. The SMILES string of the molecule is CC(C)Cn1nc(C(=O)NC2CCCC2)c2c1CCN(C(=O)Cc1cccnc1)C2. The molecule has 1 saturated carbocycles. The van der Waals surface area contributed by atoms with Crippen LogP contribution in [0, 0.1) is 5.92 Å². The topological polar surface area (TPSA) is 80.1 Å². The molecule has 7 heteroatoms. The minimum Gasteiger partial charge on any atom is -0.348 e. The normalized spacial score (nSPS) is 16.7. The van der Waals surface area contributed by atoms with E-state index in [1.54, 1.807) is 12.4 Å². The van der Waals surface area contributed by atoms with Gasteiger partial charge < -0.3 is 10.2 Å². The maximum atomic E-state index is 13.0. The molecule has 30 heavy (non-hydrogen) atoms. The summed E-state index contributed by atoms with van der Waals surface area (Å²) < 4.78 is 1.99. The average Bonchev–Trinajstić information content (AvgIpc) is 3.36. The van der Waals surface area contributed by atoms with E-state index in [9.17, 15) is 9.59 Å². The number of hydrogen-bond donors (Lipinski definition) is 1. The molecule has 0 spiro atoms. The number of fused-ring (bicyclic) bond motifs is 1. The van der Waals surface area contributed by atoms with Crippen LogP contribution in [0.4, 0.5) is 0 Å². The first-order valence-electron chi connectivity index (χ1n) is 11.1. The summed E-state index contributed by atoms with van der Waals surface area (Å²) in [4.78, 5) is 31.9. The zero-order valence-electron chi connectivity index (χ0n) is 17.9. The highest BCUT2D eigenvalue weighted by molar-refractivity contribution is 5.94. The van der Waals surface area contributed by atoms with Gasteiger partial charge in [-0.05, 0) is 30.4 Å². The van der Waals surface area contributed by atoms with Gasteiger partial charge in [0.2, 0.25) is 5.91 Å². The Morgan fingerprint density at radius 2 is 2.07 bits per heavy atom. The Morgan fingerprint density at radius 1 is 1.27 bits per heavy atom. The Hall–Kier alpha value is -2.70. The van der Waals surface area contributed by atoms with Gasteiger partial charge in [0.15, 0.2) is 5.69 Å². The van der Waals surface area contributed by atoms with E-state index in [1.165, 1.54) is 12.8 Å². The third-order valence-electron chi connectivity index (χ3n) is 6.01. The average molecular weight is 410 g/mol. The van der Waals surface area contributed by atoms with Crippen LogP contribution in [0.1, 0.15) is 66.8 Å². The first-order valence-corrected chi connectivity index (χ1v) is 11.1. The van der Waals surface area contributed by atoms with E-state index >= 15 is 0 Å². The maximum Gasteiger partial charge on any atom is 0.272 e. The lowest BCUT2D eigenvalue weighted by Gasteiger charge is -2.28. The fourth-order valence-electron chi connectivity index (χ4n) is 4.50. The lowest BCUT2D eigenvalue weighted by atomic mass is 10.0. The second-order valence-corrected chi connectivity index (χ2v) is 8.91. The van der Waals surface area contributed by atoms with Crippen LogP contribution in [0.25, 0.3) is 0 Å². The number of carbonyl (C=O) groups excluding carboxylic acids is 2. The number of amides is 2. The van der Waals surface area contributed by atoms with Gasteiger partial charge in [0.1, 0.15) is 0 Å². The summed E-state index contributed by atoms with van der Waals surface area (Å²) in [7, 11) is 0. The van der Waals surface area contributed by atoms with Crippen LogP contribution in [0.5, 0.6) is 0 Å². The molecule has 0 bridgehead atoms. The van der Waals surface area contributed by atoms with Crippen molar-refractivity contribution in [1.82, 2.24) is 25.0 Å². The van der Waals surface area contributed by atoms with Crippen molar-refractivity contribution >= 4 is 11.8 Å². The summed E-state index contributed by atoms with van der Waals surface area (Å²) in [6.45, 7) is 6.18. The van der Waals surface area contributed by atoms with Crippen molar-refractivity contribution < 1.29 is 9.59 Å². The summed E-state index contributed by atoms with van der Waals surface area (Å²) in [6, 6.07) is 4.01. The number of nitrogens with one attached hydrogen (secondary N) is 1. The third-order valence-corrected chi connectivity index (χ3v) is 6.01. The van der Waals surface area contributed by atoms with Gasteiger partial charge in [-0.15, -0.1) is 0 Å². The smallest absolute Gasteiger partial charge is 0.272 e. The van der Waals surface area contributed by atoms with Crippen molar-refractivity contribution in [1.29, 1.82) is 0 Å². The molecule has 1 fully saturated rings. The molecule has 2 amide bonds. The number of nitrogens with zero attached hydrogens (tertiary/aromatic N) is 4. The molecular weight excluding hydrogens is 378 g/mol. The van der Waals surface area contributed by atoms with Crippen LogP contribution in [-0.4, -0.2) is 44.1 Å². The van der Waals surface area contributed by atoms with E-state index in [0.717, 1.165) is 42.6 Å². The quantitative estimate of drug-likeness (QED) is 0.796. The summed E-state index contributed by atoms with van der Waals surface area (Å²) in [5, 5.41) is 7.88. The molecule has 1 N–H and O–H groups in total. The minimum atomic E-state index is -0.0952.